The van der Waals surface area contributed by atoms with Crippen LogP contribution in [0.1, 0.15) is 49.4 Å². The number of rotatable bonds is 5. The molecule has 0 saturated carbocycles. The van der Waals surface area contributed by atoms with E-state index in [9.17, 15) is 9.90 Å². The van der Waals surface area contributed by atoms with Crippen molar-refractivity contribution < 1.29 is 14.4 Å². The molecule has 1 aliphatic rings. The van der Waals surface area contributed by atoms with Crippen molar-refractivity contribution in [2.75, 3.05) is 13.1 Å². The number of carbonyl (C=O) groups excluding carboxylic acids is 1. The lowest BCUT2D eigenvalue weighted by Crippen LogP contribution is -2.50. The lowest BCUT2D eigenvalue weighted by atomic mass is 9.92. The summed E-state index contributed by atoms with van der Waals surface area (Å²) in [5, 5.41) is 14.5. The van der Waals surface area contributed by atoms with Crippen molar-refractivity contribution in [1.82, 2.24) is 15.0 Å². The Balaban J connectivity index is 1.54. The summed E-state index contributed by atoms with van der Waals surface area (Å²) in [4.78, 5) is 18.8. The van der Waals surface area contributed by atoms with Crippen molar-refractivity contribution >= 4 is 5.91 Å². The van der Waals surface area contributed by atoms with Crippen LogP contribution in [0.5, 0.6) is 0 Å². The summed E-state index contributed by atoms with van der Waals surface area (Å²) >= 11 is 0. The van der Waals surface area contributed by atoms with Crippen molar-refractivity contribution in [2.45, 2.75) is 51.0 Å². The largest absolute Gasteiger partial charge is 0.380 e. The van der Waals surface area contributed by atoms with E-state index in [2.05, 4.69) is 10.1 Å². The molecule has 1 aromatic heterocycles. The molecule has 0 bridgehead atoms. The number of carbonyl (C=O) groups is 1. The molecule has 2 aromatic rings. The van der Waals surface area contributed by atoms with E-state index in [4.69, 9.17) is 4.52 Å². The van der Waals surface area contributed by atoms with E-state index in [0.29, 0.717) is 37.6 Å². The highest BCUT2D eigenvalue weighted by Crippen LogP contribution is 2.28. The Morgan fingerprint density at radius 1 is 1.32 bits per heavy atom. The first-order chi connectivity index (χ1) is 12.0. The summed E-state index contributed by atoms with van der Waals surface area (Å²) in [6.45, 7) is 4.63. The Hall–Kier alpha value is -2.21. The van der Waals surface area contributed by atoms with Crippen LogP contribution < -0.4 is 0 Å². The van der Waals surface area contributed by atoms with Gasteiger partial charge in [0.1, 0.15) is 5.60 Å². The molecule has 1 aromatic carbocycles. The van der Waals surface area contributed by atoms with Gasteiger partial charge >= 0.3 is 0 Å². The summed E-state index contributed by atoms with van der Waals surface area (Å²) in [5.74, 6) is 1.29. The Kier molecular flexibility index (Phi) is 5.18. The highest BCUT2D eigenvalue weighted by molar-refractivity contribution is 5.84. The van der Waals surface area contributed by atoms with Crippen molar-refractivity contribution in [2.24, 2.45) is 0 Å². The van der Waals surface area contributed by atoms with Crippen molar-refractivity contribution in [3.05, 3.63) is 47.6 Å². The third-order valence-electron chi connectivity index (χ3n) is 4.88. The van der Waals surface area contributed by atoms with Gasteiger partial charge in [0.2, 0.25) is 5.89 Å². The Labute approximate surface area is 147 Å². The fourth-order valence-electron chi connectivity index (χ4n) is 3.29. The number of nitrogens with zero attached hydrogens (tertiary/aromatic N) is 3. The smallest absolute Gasteiger partial charge is 0.254 e. The number of amides is 1. The number of benzene rings is 1. The number of hydrogen-bond donors (Lipinski definition) is 1. The molecule has 6 nitrogen and oxygen atoms in total. The zero-order valence-electron chi connectivity index (χ0n) is 14.8. The second-order valence-electron chi connectivity index (χ2n) is 7.01. The van der Waals surface area contributed by atoms with E-state index >= 15 is 0 Å². The zero-order valence-corrected chi connectivity index (χ0v) is 14.8. The molecule has 1 N–H and O–H groups in total. The Morgan fingerprint density at radius 3 is 2.60 bits per heavy atom. The van der Waals surface area contributed by atoms with Crippen LogP contribution in [0.15, 0.2) is 34.9 Å². The summed E-state index contributed by atoms with van der Waals surface area (Å²) in [5.41, 5.74) is -0.218. The molecule has 0 spiro atoms. The topological polar surface area (TPSA) is 79.5 Å². The molecular formula is C19H25N3O3. The highest BCUT2D eigenvalue weighted by Gasteiger charge is 2.36. The number of piperidine rings is 1. The van der Waals surface area contributed by atoms with Gasteiger partial charge in [-0.1, -0.05) is 35.5 Å². The van der Waals surface area contributed by atoms with Crippen molar-refractivity contribution in [1.29, 1.82) is 0 Å². The van der Waals surface area contributed by atoms with Gasteiger partial charge in [-0.25, -0.2) is 0 Å². The van der Waals surface area contributed by atoms with Crippen molar-refractivity contribution in [3.63, 3.8) is 0 Å². The Morgan fingerprint density at radius 2 is 2.00 bits per heavy atom. The normalized spacial score (nSPS) is 18.1. The molecule has 134 valence electrons. The first-order valence-corrected chi connectivity index (χ1v) is 8.81. The van der Waals surface area contributed by atoms with Crippen LogP contribution in [-0.2, 0) is 11.2 Å². The standard InChI is InChI=1S/C19H25N3O3/c1-14-20-17(25-21-14)16-9-12-22(13-10-16)18(23)19(2,24)11-8-15-6-4-3-5-7-15/h3-7,16,24H,8-13H2,1-2H3/t19-/m1/s1. The summed E-state index contributed by atoms with van der Waals surface area (Å²) in [6.07, 6.45) is 2.65. The fraction of sp³-hybridized carbons (Fsp3) is 0.526. The summed E-state index contributed by atoms with van der Waals surface area (Å²) < 4.78 is 5.24. The lowest BCUT2D eigenvalue weighted by molar-refractivity contribution is -0.151. The highest BCUT2D eigenvalue weighted by atomic mass is 16.5. The molecule has 1 atom stereocenters. The molecule has 0 unspecified atom stereocenters. The Bertz CT molecular complexity index is 704. The molecule has 6 heteroatoms. The molecule has 2 heterocycles. The SMILES string of the molecule is Cc1noc(C2CCN(C(=O)[C@](C)(O)CCc3ccccc3)CC2)n1. The van der Waals surface area contributed by atoms with Gasteiger partial charge in [0.05, 0.1) is 0 Å². The number of likely N-dealkylation sites (tertiary alicyclic amines) is 1. The second kappa shape index (κ2) is 7.35. The predicted molar refractivity (Wildman–Crippen MR) is 93.0 cm³/mol. The average Bonchev–Trinajstić information content (AvgIpc) is 3.07. The average molecular weight is 343 g/mol. The van der Waals surface area contributed by atoms with Gasteiger partial charge in [-0.3, -0.25) is 4.79 Å². The van der Waals surface area contributed by atoms with E-state index in [1.165, 1.54) is 0 Å². The van der Waals surface area contributed by atoms with E-state index < -0.39 is 5.60 Å². The molecule has 3 rings (SSSR count). The van der Waals surface area contributed by atoms with Gasteiger partial charge in [-0.15, -0.1) is 0 Å². The molecule has 1 amide bonds. The minimum Gasteiger partial charge on any atom is -0.380 e. The van der Waals surface area contributed by atoms with E-state index in [-0.39, 0.29) is 11.8 Å². The minimum atomic E-state index is -1.34. The molecular weight excluding hydrogens is 318 g/mol. The maximum Gasteiger partial charge on any atom is 0.254 e. The molecule has 0 radical (unpaired) electrons. The molecule has 0 aliphatic carbocycles. The van der Waals surface area contributed by atoms with E-state index in [1.54, 1.807) is 18.7 Å². The van der Waals surface area contributed by atoms with Gasteiger partial charge in [-0.05, 0) is 45.1 Å². The first kappa shape index (κ1) is 17.6. The van der Waals surface area contributed by atoms with Crippen LogP contribution in [-0.4, -0.2) is 44.7 Å². The molecule has 25 heavy (non-hydrogen) atoms. The molecule has 1 saturated heterocycles. The van der Waals surface area contributed by atoms with Crippen LogP contribution in [0.4, 0.5) is 0 Å². The number of aliphatic hydroxyl groups is 1. The number of aryl methyl sites for hydroxylation is 2. The fourth-order valence-corrected chi connectivity index (χ4v) is 3.29. The van der Waals surface area contributed by atoms with Gasteiger partial charge in [0, 0.05) is 19.0 Å². The maximum atomic E-state index is 12.7. The zero-order chi connectivity index (χ0) is 17.9. The van der Waals surface area contributed by atoms with Crippen LogP contribution in [0.3, 0.4) is 0 Å². The predicted octanol–water partition coefficient (Wildman–Crippen LogP) is 2.47. The van der Waals surface area contributed by atoms with Crippen LogP contribution in [0, 0.1) is 6.92 Å². The van der Waals surface area contributed by atoms with Gasteiger partial charge < -0.3 is 14.5 Å². The second-order valence-corrected chi connectivity index (χ2v) is 7.01. The van der Waals surface area contributed by atoms with Crippen LogP contribution in [0.2, 0.25) is 0 Å². The lowest BCUT2D eigenvalue weighted by Gasteiger charge is -2.35. The van der Waals surface area contributed by atoms with E-state index in [1.807, 2.05) is 30.3 Å². The summed E-state index contributed by atoms with van der Waals surface area (Å²) in [7, 11) is 0. The monoisotopic (exact) mass is 343 g/mol. The summed E-state index contributed by atoms with van der Waals surface area (Å²) in [6, 6.07) is 9.92. The first-order valence-electron chi connectivity index (χ1n) is 8.81. The van der Waals surface area contributed by atoms with Crippen LogP contribution >= 0.6 is 0 Å². The van der Waals surface area contributed by atoms with Crippen molar-refractivity contribution in [3.8, 4) is 0 Å². The van der Waals surface area contributed by atoms with Gasteiger partial charge in [0.15, 0.2) is 5.82 Å². The third-order valence-corrected chi connectivity index (χ3v) is 4.88. The third kappa shape index (κ3) is 4.25. The van der Waals surface area contributed by atoms with Gasteiger partial charge in [-0.2, -0.15) is 4.98 Å². The number of hydrogen-bond acceptors (Lipinski definition) is 5. The molecule has 1 aliphatic heterocycles. The quantitative estimate of drug-likeness (QED) is 0.902. The minimum absolute atomic E-state index is 0.191. The van der Waals surface area contributed by atoms with Gasteiger partial charge in [0.25, 0.3) is 5.91 Å². The maximum absolute atomic E-state index is 12.7. The molecule has 1 fully saturated rings. The van der Waals surface area contributed by atoms with E-state index in [0.717, 1.165) is 18.4 Å². The number of aromatic nitrogens is 2. The van der Waals surface area contributed by atoms with Crippen LogP contribution in [0.25, 0.3) is 0 Å².